The van der Waals surface area contributed by atoms with Crippen LogP contribution < -0.4 is 0 Å². The van der Waals surface area contributed by atoms with Crippen molar-refractivity contribution in [2.45, 2.75) is 6.42 Å². The van der Waals surface area contributed by atoms with Crippen molar-refractivity contribution in [3.05, 3.63) is 40.9 Å². The monoisotopic (exact) mass is 325 g/mol. The number of ether oxygens (including phenoxy) is 2. The maximum Gasteiger partial charge on any atom is 0.307 e. The van der Waals surface area contributed by atoms with E-state index in [9.17, 15) is 9.59 Å². The number of methoxy groups -OCH3 is 2. The summed E-state index contributed by atoms with van der Waals surface area (Å²) in [5.74, 6) is -0.534. The molecule has 1 amide bonds. The summed E-state index contributed by atoms with van der Waals surface area (Å²) in [6.45, 7) is 1.11. The van der Waals surface area contributed by atoms with Crippen LogP contribution in [0.15, 0.2) is 30.3 Å². The van der Waals surface area contributed by atoms with Crippen molar-refractivity contribution in [3.8, 4) is 0 Å². The Hall–Kier alpha value is -1.85. The molecule has 1 aromatic carbocycles. The predicted molar refractivity (Wildman–Crippen MR) is 85.6 cm³/mol. The second kappa shape index (κ2) is 9.97. The van der Waals surface area contributed by atoms with Crippen LogP contribution in [0.4, 0.5) is 0 Å². The minimum absolute atomic E-state index is 0.154. The smallest absolute Gasteiger partial charge is 0.307 e. The first-order valence-corrected chi connectivity index (χ1v) is 7.23. The maximum atomic E-state index is 12.2. The normalized spacial score (nSPS) is 10.7. The van der Waals surface area contributed by atoms with Crippen molar-refractivity contribution in [3.63, 3.8) is 0 Å². The van der Waals surface area contributed by atoms with E-state index in [0.717, 1.165) is 5.56 Å². The largest absolute Gasteiger partial charge is 0.469 e. The molecule has 0 spiro atoms. The zero-order chi connectivity index (χ0) is 16.4. The summed E-state index contributed by atoms with van der Waals surface area (Å²) in [5.41, 5.74) is 0.873. The Labute approximate surface area is 135 Å². The third-order valence-electron chi connectivity index (χ3n) is 2.98. The van der Waals surface area contributed by atoms with Gasteiger partial charge in [0.15, 0.2) is 0 Å². The highest BCUT2D eigenvalue weighted by atomic mass is 35.5. The minimum Gasteiger partial charge on any atom is -0.469 e. The lowest BCUT2D eigenvalue weighted by atomic mass is 10.2. The molecule has 1 aromatic rings. The molecule has 0 aromatic heterocycles. The van der Waals surface area contributed by atoms with Crippen LogP contribution in [0.5, 0.6) is 0 Å². The fraction of sp³-hybridized carbons (Fsp3) is 0.375. The molecule has 0 aliphatic rings. The van der Waals surface area contributed by atoms with Crippen molar-refractivity contribution < 1.29 is 19.1 Å². The molecule has 22 heavy (non-hydrogen) atoms. The highest BCUT2D eigenvalue weighted by molar-refractivity contribution is 6.30. The summed E-state index contributed by atoms with van der Waals surface area (Å²) in [7, 11) is 2.89. The third kappa shape index (κ3) is 6.74. The zero-order valence-corrected chi connectivity index (χ0v) is 13.5. The van der Waals surface area contributed by atoms with Crippen molar-refractivity contribution in [1.29, 1.82) is 0 Å². The number of carbonyl (C=O) groups excluding carboxylic acids is 2. The second-order valence-corrected chi connectivity index (χ2v) is 4.97. The van der Waals surface area contributed by atoms with Crippen LogP contribution in [0.2, 0.25) is 5.02 Å². The lowest BCUT2D eigenvalue weighted by molar-refractivity contribution is -0.141. The molecule has 0 heterocycles. The van der Waals surface area contributed by atoms with Gasteiger partial charge in [-0.15, -0.1) is 0 Å². The Morgan fingerprint density at radius 3 is 2.45 bits per heavy atom. The molecule has 120 valence electrons. The van der Waals surface area contributed by atoms with E-state index in [1.54, 1.807) is 30.2 Å². The molecule has 0 aliphatic carbocycles. The maximum absolute atomic E-state index is 12.2. The van der Waals surface area contributed by atoms with Gasteiger partial charge in [0.1, 0.15) is 0 Å². The summed E-state index contributed by atoms with van der Waals surface area (Å²) in [6.07, 6.45) is 3.33. The van der Waals surface area contributed by atoms with Gasteiger partial charge in [0, 0.05) is 31.3 Å². The van der Waals surface area contributed by atoms with E-state index in [2.05, 4.69) is 4.74 Å². The number of nitrogens with zero attached hydrogens (tertiary/aromatic N) is 1. The molecular formula is C16H20ClNO4. The van der Waals surface area contributed by atoms with Gasteiger partial charge in [0.05, 0.1) is 20.1 Å². The van der Waals surface area contributed by atoms with Crippen LogP contribution in [0.1, 0.15) is 12.0 Å². The average Bonchev–Trinajstić information content (AvgIpc) is 2.53. The number of esters is 1. The second-order valence-electron chi connectivity index (χ2n) is 4.53. The fourth-order valence-electron chi connectivity index (χ4n) is 1.71. The number of rotatable bonds is 8. The molecule has 1 rings (SSSR count). The van der Waals surface area contributed by atoms with E-state index in [1.165, 1.54) is 13.2 Å². The molecule has 0 saturated carbocycles. The lowest BCUT2D eigenvalue weighted by Gasteiger charge is -2.20. The van der Waals surface area contributed by atoms with E-state index in [4.69, 9.17) is 16.3 Å². The summed E-state index contributed by atoms with van der Waals surface area (Å²) in [5, 5.41) is 0.642. The molecule has 0 radical (unpaired) electrons. The van der Waals surface area contributed by atoms with Crippen LogP contribution in [0.25, 0.3) is 6.08 Å². The number of hydrogen-bond donors (Lipinski definition) is 0. The molecule has 0 bridgehead atoms. The van der Waals surface area contributed by atoms with E-state index < -0.39 is 0 Å². The first kappa shape index (κ1) is 18.2. The topological polar surface area (TPSA) is 55.8 Å². The molecule has 0 aliphatic heterocycles. The first-order chi connectivity index (χ1) is 10.6. The molecule has 6 heteroatoms. The lowest BCUT2D eigenvalue weighted by Crippen LogP contribution is -2.34. The van der Waals surface area contributed by atoms with E-state index in [0.29, 0.717) is 24.7 Å². The Balaban J connectivity index is 2.64. The van der Waals surface area contributed by atoms with Gasteiger partial charge in [-0.05, 0) is 23.8 Å². The molecule has 0 saturated heterocycles. The summed E-state index contributed by atoms with van der Waals surface area (Å²) in [6, 6.07) is 7.15. The van der Waals surface area contributed by atoms with Crippen molar-refractivity contribution in [2.24, 2.45) is 0 Å². The number of benzene rings is 1. The number of amides is 1. The predicted octanol–water partition coefficient (Wildman–Crippen LogP) is 2.39. The molecule has 0 atom stereocenters. The molecular weight excluding hydrogens is 306 g/mol. The number of carbonyl (C=O) groups is 2. The van der Waals surface area contributed by atoms with Gasteiger partial charge >= 0.3 is 5.97 Å². The van der Waals surface area contributed by atoms with Crippen molar-refractivity contribution in [1.82, 2.24) is 4.90 Å². The number of halogens is 1. The fourth-order valence-corrected chi connectivity index (χ4v) is 1.83. The van der Waals surface area contributed by atoms with Gasteiger partial charge in [0.2, 0.25) is 5.91 Å². The van der Waals surface area contributed by atoms with Crippen LogP contribution in [-0.4, -0.2) is 50.7 Å². The quantitative estimate of drug-likeness (QED) is 0.544. The minimum atomic E-state index is -0.350. The van der Waals surface area contributed by atoms with Gasteiger partial charge in [-0.3, -0.25) is 9.59 Å². The van der Waals surface area contributed by atoms with Crippen LogP contribution >= 0.6 is 11.6 Å². The zero-order valence-electron chi connectivity index (χ0n) is 12.8. The summed E-state index contributed by atoms with van der Waals surface area (Å²) >= 11 is 5.81. The Morgan fingerprint density at radius 2 is 1.86 bits per heavy atom. The molecule has 0 N–H and O–H groups in total. The van der Waals surface area contributed by atoms with E-state index >= 15 is 0 Å². The summed E-state index contributed by atoms with van der Waals surface area (Å²) < 4.78 is 9.57. The van der Waals surface area contributed by atoms with Crippen LogP contribution in [0, 0.1) is 0 Å². The highest BCUT2D eigenvalue weighted by Crippen LogP contribution is 2.10. The molecule has 0 unspecified atom stereocenters. The van der Waals surface area contributed by atoms with Gasteiger partial charge in [-0.2, -0.15) is 0 Å². The van der Waals surface area contributed by atoms with E-state index in [1.807, 2.05) is 12.1 Å². The van der Waals surface area contributed by atoms with Crippen molar-refractivity contribution >= 4 is 29.6 Å². The Kier molecular flexibility index (Phi) is 8.25. The van der Waals surface area contributed by atoms with Gasteiger partial charge in [0.25, 0.3) is 0 Å². The standard InChI is InChI=1S/C16H20ClNO4/c1-21-12-11-18(10-9-16(20)22-2)15(19)8-5-13-3-6-14(17)7-4-13/h3-8H,9-12H2,1-2H3. The number of hydrogen-bond acceptors (Lipinski definition) is 4. The van der Waals surface area contributed by atoms with Gasteiger partial charge in [-0.25, -0.2) is 0 Å². The van der Waals surface area contributed by atoms with Crippen molar-refractivity contribution in [2.75, 3.05) is 33.9 Å². The first-order valence-electron chi connectivity index (χ1n) is 6.85. The van der Waals surface area contributed by atoms with Gasteiger partial charge < -0.3 is 14.4 Å². The Morgan fingerprint density at radius 1 is 1.18 bits per heavy atom. The van der Waals surface area contributed by atoms with E-state index in [-0.39, 0.29) is 18.3 Å². The van der Waals surface area contributed by atoms with Crippen LogP contribution in [0.3, 0.4) is 0 Å². The molecule has 5 nitrogen and oxygen atoms in total. The summed E-state index contributed by atoms with van der Waals surface area (Å²) in [4.78, 5) is 24.9. The average molecular weight is 326 g/mol. The van der Waals surface area contributed by atoms with Crippen LogP contribution in [-0.2, 0) is 19.1 Å². The SMILES string of the molecule is COCCN(CCC(=O)OC)C(=O)C=Cc1ccc(Cl)cc1. The highest BCUT2D eigenvalue weighted by Gasteiger charge is 2.12. The molecule has 0 fully saturated rings. The Bertz CT molecular complexity index is 513. The van der Waals surface area contributed by atoms with Gasteiger partial charge in [-0.1, -0.05) is 23.7 Å². The third-order valence-corrected chi connectivity index (χ3v) is 3.23.